The molecule has 3 aromatic rings. The van der Waals surface area contributed by atoms with Gasteiger partial charge in [-0.1, -0.05) is 6.07 Å². The van der Waals surface area contributed by atoms with Crippen LogP contribution in [0.1, 0.15) is 0 Å². The van der Waals surface area contributed by atoms with Crippen LogP contribution in [0.2, 0.25) is 0 Å². The van der Waals surface area contributed by atoms with Crippen molar-refractivity contribution in [2.75, 3.05) is 18.5 Å². The van der Waals surface area contributed by atoms with Crippen molar-refractivity contribution in [3.8, 4) is 17.1 Å². The molecule has 5 heteroatoms. The highest BCUT2D eigenvalue weighted by Crippen LogP contribution is 2.38. The number of hydrogen-bond donors (Lipinski definition) is 1. The Hall–Kier alpha value is -2.56. The number of fused-ring (bicyclic) bond motifs is 2. The maximum Gasteiger partial charge on any atom is 0.153 e. The van der Waals surface area contributed by atoms with Gasteiger partial charge in [0, 0.05) is 19.8 Å². The molecule has 4 rings (SSSR count). The van der Waals surface area contributed by atoms with Gasteiger partial charge in [-0.15, -0.1) is 0 Å². The molecule has 1 aliphatic rings. The van der Waals surface area contributed by atoms with Crippen LogP contribution in [0.15, 0.2) is 36.7 Å². The second-order valence-corrected chi connectivity index (χ2v) is 4.82. The Morgan fingerprint density at radius 3 is 3.15 bits per heavy atom. The first kappa shape index (κ1) is 11.3. The number of nitrogens with zero attached hydrogens (tertiary/aromatic N) is 3. The van der Waals surface area contributed by atoms with E-state index in [0.29, 0.717) is 6.61 Å². The standard InChI is InChI=1S/C15H14N4O/c1-19-13-5-6-16-9-12(13)18-15(19)10-3-2-4-11-14(10)20-8-7-17-11/h2-6,9,17H,7-8H2,1H3. The molecular formula is C15H14N4O. The minimum atomic E-state index is 0.676. The van der Waals surface area contributed by atoms with Crippen LogP contribution in [-0.4, -0.2) is 27.7 Å². The topological polar surface area (TPSA) is 52.0 Å². The predicted octanol–water partition coefficient (Wildman–Crippen LogP) is 2.44. The highest BCUT2D eigenvalue weighted by molar-refractivity contribution is 5.83. The Morgan fingerprint density at radius 2 is 2.25 bits per heavy atom. The number of aryl methyl sites for hydroxylation is 1. The number of nitrogens with one attached hydrogen (secondary N) is 1. The molecule has 1 N–H and O–H groups in total. The van der Waals surface area contributed by atoms with Gasteiger partial charge in [0.25, 0.3) is 0 Å². The second kappa shape index (κ2) is 4.23. The number of hydrogen-bond acceptors (Lipinski definition) is 4. The Balaban J connectivity index is 1.98. The maximum atomic E-state index is 5.83. The molecule has 1 aromatic carbocycles. The van der Waals surface area contributed by atoms with Gasteiger partial charge in [-0.2, -0.15) is 0 Å². The second-order valence-electron chi connectivity index (χ2n) is 4.82. The highest BCUT2D eigenvalue weighted by atomic mass is 16.5. The van der Waals surface area contributed by atoms with E-state index in [4.69, 9.17) is 4.74 Å². The van der Waals surface area contributed by atoms with Gasteiger partial charge in [0.1, 0.15) is 17.9 Å². The van der Waals surface area contributed by atoms with Crippen molar-refractivity contribution in [2.24, 2.45) is 7.05 Å². The summed E-state index contributed by atoms with van der Waals surface area (Å²) in [5.74, 6) is 1.78. The first-order valence-corrected chi connectivity index (χ1v) is 6.61. The van der Waals surface area contributed by atoms with E-state index in [0.717, 1.165) is 40.4 Å². The molecule has 5 nitrogen and oxygen atoms in total. The summed E-state index contributed by atoms with van der Waals surface area (Å²) < 4.78 is 7.90. The summed E-state index contributed by atoms with van der Waals surface area (Å²) in [7, 11) is 2.01. The molecule has 0 amide bonds. The van der Waals surface area contributed by atoms with Gasteiger partial charge in [0.05, 0.1) is 23.0 Å². The zero-order valence-corrected chi connectivity index (χ0v) is 11.1. The third-order valence-electron chi connectivity index (χ3n) is 3.60. The summed E-state index contributed by atoms with van der Waals surface area (Å²) in [6.45, 7) is 1.51. The van der Waals surface area contributed by atoms with Gasteiger partial charge < -0.3 is 14.6 Å². The number of ether oxygens (including phenoxy) is 1. The van der Waals surface area contributed by atoms with E-state index in [2.05, 4.69) is 19.9 Å². The first-order valence-electron chi connectivity index (χ1n) is 6.61. The largest absolute Gasteiger partial charge is 0.489 e. The first-order chi connectivity index (χ1) is 9.84. The molecule has 20 heavy (non-hydrogen) atoms. The van der Waals surface area contributed by atoms with E-state index >= 15 is 0 Å². The van der Waals surface area contributed by atoms with Gasteiger partial charge in [-0.05, 0) is 18.2 Å². The van der Waals surface area contributed by atoms with Crippen molar-refractivity contribution in [2.45, 2.75) is 0 Å². The van der Waals surface area contributed by atoms with Crippen molar-refractivity contribution in [1.29, 1.82) is 0 Å². The summed E-state index contributed by atoms with van der Waals surface area (Å²) >= 11 is 0. The van der Waals surface area contributed by atoms with Crippen molar-refractivity contribution < 1.29 is 4.74 Å². The summed E-state index contributed by atoms with van der Waals surface area (Å²) in [6, 6.07) is 8.07. The lowest BCUT2D eigenvalue weighted by atomic mass is 10.1. The molecule has 0 saturated carbocycles. The molecule has 0 atom stereocenters. The van der Waals surface area contributed by atoms with Gasteiger partial charge in [0.2, 0.25) is 0 Å². The number of para-hydroxylation sites is 1. The number of rotatable bonds is 1. The van der Waals surface area contributed by atoms with Crippen LogP contribution in [0.3, 0.4) is 0 Å². The smallest absolute Gasteiger partial charge is 0.153 e. The number of pyridine rings is 1. The summed E-state index contributed by atoms with van der Waals surface area (Å²) in [4.78, 5) is 8.81. The van der Waals surface area contributed by atoms with Gasteiger partial charge in [-0.25, -0.2) is 4.98 Å². The Labute approximate surface area is 116 Å². The minimum absolute atomic E-state index is 0.676. The minimum Gasteiger partial charge on any atom is -0.489 e. The molecule has 3 heterocycles. The lowest BCUT2D eigenvalue weighted by molar-refractivity contribution is 0.324. The van der Waals surface area contributed by atoms with E-state index in [9.17, 15) is 0 Å². The lowest BCUT2D eigenvalue weighted by Crippen LogP contribution is -2.18. The third-order valence-corrected chi connectivity index (χ3v) is 3.60. The van der Waals surface area contributed by atoms with Crippen LogP contribution in [0.25, 0.3) is 22.4 Å². The van der Waals surface area contributed by atoms with Crippen LogP contribution < -0.4 is 10.1 Å². The Bertz CT molecular complexity index is 794. The average molecular weight is 266 g/mol. The fourth-order valence-corrected chi connectivity index (χ4v) is 2.64. The number of imidazole rings is 1. The number of anilines is 1. The number of aromatic nitrogens is 3. The van der Waals surface area contributed by atoms with Crippen molar-refractivity contribution in [1.82, 2.24) is 14.5 Å². The average Bonchev–Trinajstić information content (AvgIpc) is 2.84. The zero-order chi connectivity index (χ0) is 13.5. The highest BCUT2D eigenvalue weighted by Gasteiger charge is 2.19. The normalized spacial score (nSPS) is 13.7. The van der Waals surface area contributed by atoms with Crippen LogP contribution in [0.5, 0.6) is 5.75 Å². The molecule has 0 fully saturated rings. The van der Waals surface area contributed by atoms with E-state index in [1.807, 2.05) is 31.3 Å². The van der Waals surface area contributed by atoms with Crippen LogP contribution >= 0.6 is 0 Å². The maximum absolute atomic E-state index is 5.83. The SMILES string of the molecule is Cn1c(-c2cccc3c2OCCN3)nc2cnccc21. The molecule has 2 aromatic heterocycles. The van der Waals surface area contributed by atoms with Crippen molar-refractivity contribution >= 4 is 16.7 Å². The molecule has 0 aliphatic carbocycles. The van der Waals surface area contributed by atoms with E-state index < -0.39 is 0 Å². The van der Waals surface area contributed by atoms with E-state index in [1.54, 1.807) is 12.4 Å². The van der Waals surface area contributed by atoms with E-state index in [1.165, 1.54) is 0 Å². The molecular weight excluding hydrogens is 252 g/mol. The molecule has 100 valence electrons. The van der Waals surface area contributed by atoms with Crippen LogP contribution in [0.4, 0.5) is 5.69 Å². The van der Waals surface area contributed by atoms with Gasteiger partial charge in [0.15, 0.2) is 5.75 Å². The predicted molar refractivity (Wildman–Crippen MR) is 77.9 cm³/mol. The molecule has 0 spiro atoms. The van der Waals surface area contributed by atoms with E-state index in [-0.39, 0.29) is 0 Å². The Kier molecular flexibility index (Phi) is 2.39. The molecule has 0 saturated heterocycles. The molecule has 0 radical (unpaired) electrons. The zero-order valence-electron chi connectivity index (χ0n) is 11.1. The van der Waals surface area contributed by atoms with Crippen LogP contribution in [-0.2, 0) is 7.05 Å². The summed E-state index contributed by atoms with van der Waals surface area (Å²) in [5.41, 5.74) is 4.00. The quantitative estimate of drug-likeness (QED) is 0.735. The Morgan fingerprint density at radius 1 is 1.30 bits per heavy atom. The summed E-state index contributed by atoms with van der Waals surface area (Å²) in [5, 5.41) is 3.35. The molecule has 0 bridgehead atoms. The third kappa shape index (κ3) is 1.56. The lowest BCUT2D eigenvalue weighted by Gasteiger charge is -2.21. The number of benzene rings is 1. The fourth-order valence-electron chi connectivity index (χ4n) is 2.64. The van der Waals surface area contributed by atoms with Gasteiger partial charge in [-0.3, -0.25) is 4.98 Å². The molecule has 1 aliphatic heterocycles. The monoisotopic (exact) mass is 266 g/mol. The molecule has 0 unspecified atom stereocenters. The summed E-state index contributed by atoms with van der Waals surface area (Å²) in [6.07, 6.45) is 3.57. The van der Waals surface area contributed by atoms with Gasteiger partial charge >= 0.3 is 0 Å². The van der Waals surface area contributed by atoms with Crippen LogP contribution in [0, 0.1) is 0 Å². The van der Waals surface area contributed by atoms with Crippen molar-refractivity contribution in [3.05, 3.63) is 36.7 Å². The van der Waals surface area contributed by atoms with Crippen molar-refractivity contribution in [3.63, 3.8) is 0 Å². The fraction of sp³-hybridized carbons (Fsp3) is 0.200.